The molecule has 0 spiro atoms. The van der Waals surface area contributed by atoms with Crippen LogP contribution >= 0.6 is 11.8 Å². The molecule has 2 rings (SSSR count). The van der Waals surface area contributed by atoms with Crippen molar-refractivity contribution in [3.05, 3.63) is 36.9 Å². The number of benzene rings is 1. The largest absolute Gasteiger partial charge is 0.315 e. The standard InChI is InChI=1S/C12H11N3S/c1-2-8-15-11-6-4-3-5-10(11)14-12(15)16-9-7-13/h2-6H,1,8-9H2. The van der Waals surface area contributed by atoms with E-state index in [0.29, 0.717) is 12.3 Å². The predicted octanol–water partition coefficient (Wildman–Crippen LogP) is 2.84. The van der Waals surface area contributed by atoms with Gasteiger partial charge >= 0.3 is 0 Å². The van der Waals surface area contributed by atoms with E-state index in [2.05, 4.69) is 22.2 Å². The van der Waals surface area contributed by atoms with E-state index in [1.165, 1.54) is 11.8 Å². The quantitative estimate of drug-likeness (QED) is 0.598. The van der Waals surface area contributed by atoms with Crippen LogP contribution in [0.15, 0.2) is 42.1 Å². The van der Waals surface area contributed by atoms with Crippen molar-refractivity contribution in [1.82, 2.24) is 9.55 Å². The lowest BCUT2D eigenvalue weighted by Gasteiger charge is -2.03. The molecule has 0 fully saturated rings. The molecule has 3 nitrogen and oxygen atoms in total. The predicted molar refractivity (Wildman–Crippen MR) is 66.3 cm³/mol. The maximum Gasteiger partial charge on any atom is 0.170 e. The summed E-state index contributed by atoms with van der Waals surface area (Å²) >= 11 is 1.46. The van der Waals surface area contributed by atoms with Crippen LogP contribution in [-0.4, -0.2) is 15.3 Å². The molecule has 4 heteroatoms. The van der Waals surface area contributed by atoms with E-state index in [1.54, 1.807) is 0 Å². The molecule has 0 bridgehead atoms. The van der Waals surface area contributed by atoms with E-state index in [-0.39, 0.29) is 0 Å². The Labute approximate surface area is 98.4 Å². The van der Waals surface area contributed by atoms with Gasteiger partial charge in [0.2, 0.25) is 0 Å². The molecule has 0 N–H and O–H groups in total. The normalized spacial score (nSPS) is 10.2. The number of aromatic nitrogens is 2. The number of imidazole rings is 1. The van der Waals surface area contributed by atoms with Crippen LogP contribution < -0.4 is 0 Å². The molecule has 1 aromatic carbocycles. The number of hydrogen-bond acceptors (Lipinski definition) is 3. The van der Waals surface area contributed by atoms with Crippen LogP contribution in [0.25, 0.3) is 11.0 Å². The lowest BCUT2D eigenvalue weighted by Crippen LogP contribution is -1.97. The van der Waals surface area contributed by atoms with Gasteiger partial charge in [-0.2, -0.15) is 5.26 Å². The number of rotatable bonds is 4. The van der Waals surface area contributed by atoms with Crippen LogP contribution in [-0.2, 0) is 6.54 Å². The van der Waals surface area contributed by atoms with Crippen LogP contribution in [0.4, 0.5) is 0 Å². The summed E-state index contributed by atoms with van der Waals surface area (Å²) in [5.74, 6) is 0.417. The van der Waals surface area contributed by atoms with Crippen LogP contribution in [0.2, 0.25) is 0 Å². The summed E-state index contributed by atoms with van der Waals surface area (Å²) in [5.41, 5.74) is 2.05. The summed E-state index contributed by atoms with van der Waals surface area (Å²) < 4.78 is 2.07. The average Bonchev–Trinajstić information content (AvgIpc) is 2.66. The smallest absolute Gasteiger partial charge is 0.170 e. The Morgan fingerprint density at radius 2 is 2.31 bits per heavy atom. The number of nitrogens with zero attached hydrogens (tertiary/aromatic N) is 3. The van der Waals surface area contributed by atoms with E-state index in [9.17, 15) is 0 Å². The Kier molecular flexibility index (Phi) is 3.28. The first-order chi connectivity index (χ1) is 7.86. The molecule has 0 radical (unpaired) electrons. The highest BCUT2D eigenvalue weighted by molar-refractivity contribution is 7.99. The molecule has 0 aliphatic carbocycles. The Morgan fingerprint density at radius 1 is 1.50 bits per heavy atom. The van der Waals surface area contributed by atoms with Gasteiger partial charge < -0.3 is 4.57 Å². The van der Waals surface area contributed by atoms with Gasteiger partial charge in [-0.25, -0.2) is 4.98 Å². The van der Waals surface area contributed by atoms with Gasteiger partial charge in [0.05, 0.1) is 22.9 Å². The first-order valence-electron chi connectivity index (χ1n) is 4.92. The van der Waals surface area contributed by atoms with Gasteiger partial charge in [0.15, 0.2) is 5.16 Å². The average molecular weight is 229 g/mol. The summed E-state index contributed by atoms with van der Waals surface area (Å²) in [6.45, 7) is 4.46. The topological polar surface area (TPSA) is 41.6 Å². The van der Waals surface area contributed by atoms with E-state index < -0.39 is 0 Å². The van der Waals surface area contributed by atoms with E-state index in [0.717, 1.165) is 16.2 Å². The van der Waals surface area contributed by atoms with Gasteiger partial charge in [-0.1, -0.05) is 30.0 Å². The van der Waals surface area contributed by atoms with Crippen molar-refractivity contribution in [1.29, 1.82) is 5.26 Å². The minimum absolute atomic E-state index is 0.417. The summed E-state index contributed by atoms with van der Waals surface area (Å²) in [7, 11) is 0. The Bertz CT molecular complexity index is 551. The van der Waals surface area contributed by atoms with E-state index in [1.807, 2.05) is 30.3 Å². The van der Waals surface area contributed by atoms with Gasteiger partial charge in [0, 0.05) is 6.54 Å². The number of allylic oxidation sites excluding steroid dienone is 1. The number of nitriles is 1. The van der Waals surface area contributed by atoms with Crippen molar-refractivity contribution in [3.63, 3.8) is 0 Å². The summed E-state index contributed by atoms with van der Waals surface area (Å²) in [6, 6.07) is 10.1. The molecule has 0 saturated heterocycles. The second-order valence-electron chi connectivity index (χ2n) is 3.23. The van der Waals surface area contributed by atoms with Crippen molar-refractivity contribution >= 4 is 22.8 Å². The zero-order valence-corrected chi connectivity index (χ0v) is 9.57. The molecule has 0 atom stereocenters. The zero-order valence-electron chi connectivity index (χ0n) is 8.76. The highest BCUT2D eigenvalue weighted by Gasteiger charge is 2.08. The lowest BCUT2D eigenvalue weighted by atomic mass is 10.3. The molecular weight excluding hydrogens is 218 g/mol. The van der Waals surface area contributed by atoms with Crippen molar-refractivity contribution in [3.8, 4) is 6.07 Å². The van der Waals surface area contributed by atoms with Crippen LogP contribution in [0.5, 0.6) is 0 Å². The Balaban J connectivity index is 2.50. The molecule has 0 amide bonds. The number of para-hydroxylation sites is 2. The highest BCUT2D eigenvalue weighted by atomic mass is 32.2. The van der Waals surface area contributed by atoms with E-state index in [4.69, 9.17) is 5.26 Å². The molecule has 2 aromatic rings. The summed E-state index contributed by atoms with van der Waals surface area (Å²) in [6.07, 6.45) is 1.84. The van der Waals surface area contributed by atoms with E-state index >= 15 is 0 Å². The molecule has 0 aliphatic heterocycles. The summed E-state index contributed by atoms with van der Waals surface area (Å²) in [5, 5.41) is 9.47. The maximum atomic E-state index is 8.60. The van der Waals surface area contributed by atoms with Gasteiger partial charge in [0.1, 0.15) is 0 Å². The molecule has 0 aliphatic rings. The molecule has 1 aromatic heterocycles. The lowest BCUT2D eigenvalue weighted by molar-refractivity contribution is 0.749. The first kappa shape index (κ1) is 10.8. The van der Waals surface area contributed by atoms with Gasteiger partial charge in [0.25, 0.3) is 0 Å². The van der Waals surface area contributed by atoms with Crippen LogP contribution in [0.1, 0.15) is 0 Å². The minimum atomic E-state index is 0.417. The SMILES string of the molecule is C=CCn1c(SCC#N)nc2ccccc21. The minimum Gasteiger partial charge on any atom is -0.315 e. The number of fused-ring (bicyclic) bond motifs is 1. The Morgan fingerprint density at radius 3 is 3.06 bits per heavy atom. The molecule has 80 valence electrons. The molecule has 0 saturated carbocycles. The second-order valence-corrected chi connectivity index (χ2v) is 4.17. The second kappa shape index (κ2) is 4.86. The monoisotopic (exact) mass is 229 g/mol. The maximum absolute atomic E-state index is 8.60. The molecule has 1 heterocycles. The third-order valence-corrected chi connectivity index (χ3v) is 3.04. The Hall–Kier alpha value is -1.73. The fraction of sp³-hybridized carbons (Fsp3) is 0.167. The fourth-order valence-corrected chi connectivity index (χ4v) is 2.25. The van der Waals surface area contributed by atoms with Crippen molar-refractivity contribution in [2.75, 3.05) is 5.75 Å². The molecule has 0 unspecified atom stereocenters. The fourth-order valence-electron chi connectivity index (χ4n) is 1.57. The third-order valence-electron chi connectivity index (χ3n) is 2.20. The van der Waals surface area contributed by atoms with Gasteiger partial charge in [-0.05, 0) is 12.1 Å². The van der Waals surface area contributed by atoms with Crippen molar-refractivity contribution < 1.29 is 0 Å². The molecule has 16 heavy (non-hydrogen) atoms. The van der Waals surface area contributed by atoms with Crippen molar-refractivity contribution in [2.45, 2.75) is 11.7 Å². The number of hydrogen-bond donors (Lipinski definition) is 0. The highest BCUT2D eigenvalue weighted by Crippen LogP contribution is 2.23. The third kappa shape index (κ3) is 1.95. The summed E-state index contributed by atoms with van der Waals surface area (Å²) in [4.78, 5) is 4.50. The number of thioether (sulfide) groups is 1. The van der Waals surface area contributed by atoms with Crippen LogP contribution in [0.3, 0.4) is 0 Å². The van der Waals surface area contributed by atoms with Crippen molar-refractivity contribution in [2.24, 2.45) is 0 Å². The first-order valence-corrected chi connectivity index (χ1v) is 5.91. The van der Waals surface area contributed by atoms with Gasteiger partial charge in [-0.3, -0.25) is 0 Å². The zero-order chi connectivity index (χ0) is 11.4. The van der Waals surface area contributed by atoms with Gasteiger partial charge in [-0.15, -0.1) is 6.58 Å². The van der Waals surface area contributed by atoms with Crippen LogP contribution in [0, 0.1) is 11.3 Å². The molecular formula is C12H11N3S.